The van der Waals surface area contributed by atoms with Gasteiger partial charge in [-0.05, 0) is 75.5 Å². The largest absolute Gasteiger partial charge is 0.368 e. The fraction of sp³-hybridized carbons (Fsp3) is 0.462. The van der Waals surface area contributed by atoms with Crippen molar-refractivity contribution in [2.24, 2.45) is 0 Å². The lowest BCUT2D eigenvalue weighted by Gasteiger charge is -2.42. The van der Waals surface area contributed by atoms with Crippen molar-refractivity contribution in [3.05, 3.63) is 65.9 Å². The maximum absolute atomic E-state index is 13.5. The number of pyridine rings is 1. The third-order valence-corrected chi connectivity index (χ3v) is 12.6. The van der Waals surface area contributed by atoms with Gasteiger partial charge >= 0.3 is 6.03 Å². The van der Waals surface area contributed by atoms with Crippen LogP contribution in [0.3, 0.4) is 0 Å². The standard InChI is InChI=1S/C39H49N7O4S/c1-26(47)44-19-21-45(22-20-44)30-13-11-28(12-14-30)34-35-32-25-46(39(2,3)4)38(48)42(5)33(32)23-40-37(35)41-36(34)29-9-7-27(8-10-29)24-43-17-15-31(16-18-43)51(6,49)50/h7-14,23,31H,15-22,24-25H2,1-6H3,(H,40,41). The molecular formula is C39H49N7O4S. The number of amides is 3. The zero-order valence-corrected chi connectivity index (χ0v) is 31.4. The number of sulfone groups is 1. The van der Waals surface area contributed by atoms with Crippen molar-refractivity contribution in [2.75, 3.05) is 62.4 Å². The van der Waals surface area contributed by atoms with E-state index in [-0.39, 0.29) is 22.7 Å². The van der Waals surface area contributed by atoms with Crippen LogP contribution >= 0.6 is 0 Å². The fourth-order valence-electron chi connectivity index (χ4n) is 7.85. The molecule has 5 heterocycles. The van der Waals surface area contributed by atoms with E-state index >= 15 is 0 Å². The normalized spacial score (nSPS) is 18.1. The second-order valence-corrected chi connectivity index (χ2v) is 17.7. The Kier molecular flexibility index (Phi) is 9.12. The molecule has 0 bridgehead atoms. The summed E-state index contributed by atoms with van der Waals surface area (Å²) in [5.41, 5.74) is 8.69. The third kappa shape index (κ3) is 6.83. The van der Waals surface area contributed by atoms with E-state index in [9.17, 15) is 18.0 Å². The minimum atomic E-state index is -3.00. The number of hydrogen-bond acceptors (Lipinski definition) is 7. The van der Waals surface area contributed by atoms with Crippen molar-refractivity contribution < 1.29 is 18.0 Å². The predicted octanol–water partition coefficient (Wildman–Crippen LogP) is 5.74. The van der Waals surface area contributed by atoms with Gasteiger partial charge in [-0.3, -0.25) is 14.6 Å². The van der Waals surface area contributed by atoms with Gasteiger partial charge in [-0.15, -0.1) is 0 Å². The molecule has 0 radical (unpaired) electrons. The van der Waals surface area contributed by atoms with Crippen LogP contribution in [0.1, 0.15) is 51.7 Å². The minimum Gasteiger partial charge on any atom is -0.368 e. The summed E-state index contributed by atoms with van der Waals surface area (Å²) in [6.07, 6.45) is 4.50. The lowest BCUT2D eigenvalue weighted by molar-refractivity contribution is -0.129. The molecule has 7 rings (SSSR count). The Bertz CT molecular complexity index is 2050. The molecule has 2 saturated heterocycles. The number of anilines is 2. The maximum atomic E-state index is 13.5. The number of piperazine rings is 1. The highest BCUT2D eigenvalue weighted by atomic mass is 32.2. The molecule has 3 amide bonds. The summed E-state index contributed by atoms with van der Waals surface area (Å²) in [5.74, 6) is 0.119. The Morgan fingerprint density at radius 1 is 0.922 bits per heavy atom. The van der Waals surface area contributed by atoms with Crippen molar-refractivity contribution in [2.45, 2.75) is 64.4 Å². The van der Waals surface area contributed by atoms with Gasteiger partial charge in [-0.25, -0.2) is 18.2 Å². The molecule has 2 aromatic heterocycles. The highest BCUT2D eigenvalue weighted by Gasteiger charge is 2.37. The third-order valence-electron chi connectivity index (χ3n) is 10.9. The van der Waals surface area contributed by atoms with Crippen LogP contribution in [-0.4, -0.2) is 108 Å². The van der Waals surface area contributed by atoms with E-state index in [1.807, 2.05) is 16.8 Å². The Hall–Kier alpha value is -4.42. The van der Waals surface area contributed by atoms with Gasteiger partial charge in [0.2, 0.25) is 5.91 Å². The first kappa shape index (κ1) is 35.0. The molecule has 2 aromatic carbocycles. The van der Waals surface area contributed by atoms with Gasteiger partial charge in [-0.2, -0.15) is 0 Å². The van der Waals surface area contributed by atoms with E-state index in [1.165, 1.54) is 11.8 Å². The molecule has 0 unspecified atom stereocenters. The van der Waals surface area contributed by atoms with E-state index in [1.54, 1.807) is 18.0 Å². The summed E-state index contributed by atoms with van der Waals surface area (Å²) in [5, 5.41) is 0.770. The molecule has 1 N–H and O–H groups in total. The topological polar surface area (TPSA) is 113 Å². The quantitative estimate of drug-likeness (QED) is 0.271. The maximum Gasteiger partial charge on any atom is 0.325 e. The number of aromatic amines is 1. The second kappa shape index (κ2) is 13.3. The summed E-state index contributed by atoms with van der Waals surface area (Å²) < 4.78 is 24.1. The fourth-order valence-corrected chi connectivity index (χ4v) is 8.91. The first-order chi connectivity index (χ1) is 24.2. The average Bonchev–Trinajstić information content (AvgIpc) is 3.49. The number of urea groups is 1. The van der Waals surface area contributed by atoms with Gasteiger partial charge in [-0.1, -0.05) is 36.4 Å². The van der Waals surface area contributed by atoms with Crippen LogP contribution in [0.5, 0.6) is 0 Å². The molecule has 3 aliphatic heterocycles. The number of likely N-dealkylation sites (tertiary alicyclic amines) is 1. The van der Waals surface area contributed by atoms with Gasteiger partial charge in [0.25, 0.3) is 0 Å². The van der Waals surface area contributed by atoms with Gasteiger partial charge in [0.15, 0.2) is 0 Å². The van der Waals surface area contributed by atoms with Crippen LogP contribution in [-0.2, 0) is 27.7 Å². The predicted molar refractivity (Wildman–Crippen MR) is 204 cm³/mol. The van der Waals surface area contributed by atoms with Gasteiger partial charge in [0.05, 0.1) is 29.4 Å². The van der Waals surface area contributed by atoms with Crippen molar-refractivity contribution in [3.8, 4) is 22.4 Å². The summed E-state index contributed by atoms with van der Waals surface area (Å²) in [6, 6.07) is 17.3. The number of nitrogens with one attached hydrogen (secondary N) is 1. The summed E-state index contributed by atoms with van der Waals surface area (Å²) in [6.45, 7) is 13.6. The minimum absolute atomic E-state index is 0.0428. The van der Waals surface area contributed by atoms with Gasteiger partial charge in [0.1, 0.15) is 15.5 Å². The molecule has 0 spiro atoms. The van der Waals surface area contributed by atoms with E-state index in [2.05, 4.69) is 84.1 Å². The molecule has 2 fully saturated rings. The molecule has 0 saturated carbocycles. The number of aromatic nitrogens is 2. The monoisotopic (exact) mass is 711 g/mol. The number of H-pyrrole nitrogens is 1. The number of piperidine rings is 1. The smallest absolute Gasteiger partial charge is 0.325 e. The second-order valence-electron chi connectivity index (χ2n) is 15.4. The van der Waals surface area contributed by atoms with Crippen LogP contribution < -0.4 is 9.80 Å². The van der Waals surface area contributed by atoms with Gasteiger partial charge in [0, 0.05) is 80.7 Å². The zero-order chi connectivity index (χ0) is 36.2. The lowest BCUT2D eigenvalue weighted by Crippen LogP contribution is -2.53. The van der Waals surface area contributed by atoms with E-state index in [4.69, 9.17) is 4.98 Å². The number of carbonyl (C=O) groups is 2. The zero-order valence-electron chi connectivity index (χ0n) is 30.6. The van der Waals surface area contributed by atoms with Gasteiger partial charge < -0.3 is 19.7 Å². The summed E-state index contributed by atoms with van der Waals surface area (Å²) in [7, 11) is -1.18. The summed E-state index contributed by atoms with van der Waals surface area (Å²) in [4.78, 5) is 44.1. The SMILES string of the molecule is CC(=O)N1CCN(c2ccc(-c3c(-c4ccc(CN5CCC(S(C)(=O)=O)CC5)cc4)[nH]c4ncc5c(c34)CN(C(C)(C)C)C(=O)N5C)cc2)CC1. The first-order valence-corrected chi connectivity index (χ1v) is 19.8. The van der Waals surface area contributed by atoms with Crippen molar-refractivity contribution >= 4 is 44.2 Å². The molecule has 51 heavy (non-hydrogen) atoms. The molecule has 12 heteroatoms. The lowest BCUT2D eigenvalue weighted by atomic mass is 9.93. The van der Waals surface area contributed by atoms with E-state index in [0.717, 1.165) is 83.1 Å². The van der Waals surface area contributed by atoms with Crippen molar-refractivity contribution in [3.63, 3.8) is 0 Å². The molecule has 0 aliphatic carbocycles. The van der Waals surface area contributed by atoms with Crippen molar-refractivity contribution in [1.82, 2.24) is 24.7 Å². The Morgan fingerprint density at radius 2 is 1.55 bits per heavy atom. The van der Waals surface area contributed by atoms with Crippen LogP contribution in [0, 0.1) is 0 Å². The Morgan fingerprint density at radius 3 is 2.14 bits per heavy atom. The highest BCUT2D eigenvalue weighted by molar-refractivity contribution is 7.91. The number of carbonyl (C=O) groups excluding carboxylic acids is 2. The molecule has 0 atom stereocenters. The van der Waals surface area contributed by atoms with Crippen LogP contribution in [0.25, 0.3) is 33.4 Å². The number of rotatable bonds is 6. The van der Waals surface area contributed by atoms with E-state index in [0.29, 0.717) is 32.5 Å². The number of hydrogen-bond donors (Lipinski definition) is 1. The molecule has 4 aromatic rings. The Labute approximate surface area is 301 Å². The highest BCUT2D eigenvalue weighted by Crippen LogP contribution is 2.44. The van der Waals surface area contributed by atoms with Crippen LogP contribution in [0.2, 0.25) is 0 Å². The van der Waals surface area contributed by atoms with E-state index < -0.39 is 9.84 Å². The molecule has 11 nitrogen and oxygen atoms in total. The summed E-state index contributed by atoms with van der Waals surface area (Å²) >= 11 is 0. The molecule has 3 aliphatic rings. The average molecular weight is 712 g/mol. The first-order valence-electron chi connectivity index (χ1n) is 17.9. The number of fused-ring (bicyclic) bond motifs is 3. The number of nitrogens with zero attached hydrogens (tertiary/aromatic N) is 6. The van der Waals surface area contributed by atoms with Crippen LogP contribution in [0.15, 0.2) is 54.7 Å². The van der Waals surface area contributed by atoms with Crippen molar-refractivity contribution in [1.29, 1.82) is 0 Å². The Balaban J connectivity index is 1.26. The number of benzene rings is 2. The molecule has 270 valence electrons. The van der Waals surface area contributed by atoms with Crippen LogP contribution in [0.4, 0.5) is 16.2 Å². The molecular weight excluding hydrogens is 663 g/mol.